The van der Waals surface area contributed by atoms with Crippen molar-refractivity contribution in [3.8, 4) is 0 Å². The highest BCUT2D eigenvalue weighted by Crippen LogP contribution is 2.50. The molecule has 0 saturated heterocycles. The summed E-state index contributed by atoms with van der Waals surface area (Å²) in [6.45, 7) is 8.64. The van der Waals surface area contributed by atoms with E-state index in [0.717, 1.165) is 0 Å². The first-order chi connectivity index (χ1) is 9.22. The van der Waals surface area contributed by atoms with E-state index in [4.69, 9.17) is 0 Å². The molecule has 20 heavy (non-hydrogen) atoms. The van der Waals surface area contributed by atoms with E-state index in [2.05, 4.69) is 4.52 Å². The van der Waals surface area contributed by atoms with Gasteiger partial charge in [0.15, 0.2) is 0 Å². The molecule has 9 heteroatoms. The van der Waals surface area contributed by atoms with Gasteiger partial charge in [0.2, 0.25) is 8.45 Å². The van der Waals surface area contributed by atoms with Gasteiger partial charge < -0.3 is 4.52 Å². The lowest BCUT2D eigenvalue weighted by Gasteiger charge is -2.36. The lowest BCUT2D eigenvalue weighted by molar-refractivity contribution is -0.121. The van der Waals surface area contributed by atoms with Gasteiger partial charge in [-0.05, 0) is 0 Å². The SMILES string of the molecule is CCN(CC)P(OC(=C(F)F)C(F)(F)F)N(CC)CC. The van der Waals surface area contributed by atoms with Gasteiger partial charge in [0.25, 0.3) is 5.76 Å². The van der Waals surface area contributed by atoms with Gasteiger partial charge in [-0.25, -0.2) is 9.34 Å². The van der Waals surface area contributed by atoms with Crippen LogP contribution in [0, 0.1) is 0 Å². The second-order valence-electron chi connectivity index (χ2n) is 3.71. The molecule has 0 heterocycles. The molecule has 0 aliphatic rings. The minimum atomic E-state index is -5.19. The van der Waals surface area contributed by atoms with E-state index in [1.54, 1.807) is 37.0 Å². The van der Waals surface area contributed by atoms with E-state index in [1.165, 1.54) is 0 Å². The lowest BCUT2D eigenvalue weighted by atomic mass is 10.5. The average molecular weight is 322 g/mol. The predicted molar refractivity (Wildman–Crippen MR) is 69.1 cm³/mol. The summed E-state index contributed by atoms with van der Waals surface area (Å²) < 4.78 is 70.7. The number of nitrogens with zero attached hydrogens (tertiary/aromatic N) is 2. The van der Waals surface area contributed by atoms with E-state index in [1.807, 2.05) is 0 Å². The van der Waals surface area contributed by atoms with Crippen molar-refractivity contribution in [2.45, 2.75) is 33.9 Å². The summed E-state index contributed by atoms with van der Waals surface area (Å²) in [6.07, 6.45) is -8.04. The smallest absolute Gasteiger partial charge is 0.434 e. The lowest BCUT2D eigenvalue weighted by Crippen LogP contribution is -2.31. The van der Waals surface area contributed by atoms with E-state index in [0.29, 0.717) is 26.2 Å². The summed E-state index contributed by atoms with van der Waals surface area (Å²) in [5.74, 6) is -2.19. The van der Waals surface area contributed by atoms with Crippen LogP contribution in [0.3, 0.4) is 0 Å². The van der Waals surface area contributed by atoms with Crippen molar-refractivity contribution < 1.29 is 26.5 Å². The van der Waals surface area contributed by atoms with Gasteiger partial charge in [0.05, 0.1) is 0 Å². The molecule has 0 spiro atoms. The number of alkyl halides is 3. The van der Waals surface area contributed by atoms with Crippen LogP contribution in [-0.4, -0.2) is 41.7 Å². The van der Waals surface area contributed by atoms with Crippen LogP contribution in [0.4, 0.5) is 22.0 Å². The molecular formula is C11H20F5N2OP. The molecule has 0 fully saturated rings. The maximum Gasteiger partial charge on any atom is 0.454 e. The minimum Gasteiger partial charge on any atom is -0.434 e. The summed E-state index contributed by atoms with van der Waals surface area (Å²) in [4.78, 5) is 0. The van der Waals surface area contributed by atoms with Gasteiger partial charge in [0.1, 0.15) is 0 Å². The summed E-state index contributed by atoms with van der Waals surface area (Å²) in [6, 6.07) is 0. The number of allylic oxidation sites excluding steroid dienone is 1. The molecule has 0 aromatic rings. The van der Waals surface area contributed by atoms with Crippen LogP contribution in [0.1, 0.15) is 27.7 Å². The third-order valence-corrected chi connectivity index (χ3v) is 4.99. The van der Waals surface area contributed by atoms with Crippen molar-refractivity contribution in [1.82, 2.24) is 9.34 Å². The molecule has 0 aromatic carbocycles. The van der Waals surface area contributed by atoms with Gasteiger partial charge in [-0.3, -0.25) is 0 Å². The normalized spacial score (nSPS) is 12.4. The van der Waals surface area contributed by atoms with Crippen LogP contribution in [0.2, 0.25) is 0 Å². The number of hydrogen-bond acceptors (Lipinski definition) is 3. The van der Waals surface area contributed by atoms with E-state index >= 15 is 0 Å². The van der Waals surface area contributed by atoms with Gasteiger partial charge >= 0.3 is 12.3 Å². The second-order valence-corrected chi connectivity index (χ2v) is 5.53. The maximum atomic E-state index is 12.6. The molecule has 0 amide bonds. The van der Waals surface area contributed by atoms with Crippen LogP contribution in [-0.2, 0) is 4.52 Å². The van der Waals surface area contributed by atoms with Crippen LogP contribution < -0.4 is 0 Å². The largest absolute Gasteiger partial charge is 0.454 e. The van der Waals surface area contributed by atoms with Crippen LogP contribution in [0.25, 0.3) is 0 Å². The highest BCUT2D eigenvalue weighted by Gasteiger charge is 2.43. The fourth-order valence-electron chi connectivity index (χ4n) is 1.50. The first-order valence-corrected chi connectivity index (χ1v) is 7.49. The van der Waals surface area contributed by atoms with E-state index in [9.17, 15) is 22.0 Å². The second kappa shape index (κ2) is 8.74. The Balaban J connectivity index is 5.39. The van der Waals surface area contributed by atoms with Crippen molar-refractivity contribution in [3.63, 3.8) is 0 Å². The van der Waals surface area contributed by atoms with Gasteiger partial charge in [0, 0.05) is 26.2 Å². The molecule has 0 N–H and O–H groups in total. The molecule has 0 saturated carbocycles. The maximum absolute atomic E-state index is 12.6. The Morgan fingerprint density at radius 1 is 0.900 bits per heavy atom. The Labute approximate surface area is 117 Å². The first-order valence-electron chi connectivity index (χ1n) is 6.32. The average Bonchev–Trinajstić information content (AvgIpc) is 2.35. The first kappa shape index (κ1) is 19.5. The van der Waals surface area contributed by atoms with Crippen molar-refractivity contribution in [1.29, 1.82) is 0 Å². The van der Waals surface area contributed by atoms with Crippen molar-refractivity contribution in [2.24, 2.45) is 0 Å². The van der Waals surface area contributed by atoms with Gasteiger partial charge in [-0.15, -0.1) is 0 Å². The van der Waals surface area contributed by atoms with Crippen molar-refractivity contribution >= 4 is 8.45 Å². The molecule has 0 aromatic heterocycles. The Morgan fingerprint density at radius 3 is 1.45 bits per heavy atom. The Hall–Kier alpha value is -0.460. The molecule has 0 bridgehead atoms. The molecule has 120 valence electrons. The quantitative estimate of drug-likeness (QED) is 0.369. The Morgan fingerprint density at radius 2 is 1.25 bits per heavy atom. The third kappa shape index (κ3) is 5.50. The number of hydrogen-bond donors (Lipinski definition) is 0. The third-order valence-electron chi connectivity index (χ3n) is 2.55. The van der Waals surface area contributed by atoms with Crippen LogP contribution >= 0.6 is 8.45 Å². The molecule has 0 radical (unpaired) electrons. The Bertz CT molecular complexity index is 300. The monoisotopic (exact) mass is 322 g/mol. The van der Waals surface area contributed by atoms with E-state index < -0.39 is 26.5 Å². The topological polar surface area (TPSA) is 15.7 Å². The summed E-state index contributed by atoms with van der Waals surface area (Å²) >= 11 is 0. The van der Waals surface area contributed by atoms with E-state index in [-0.39, 0.29) is 0 Å². The molecule has 0 unspecified atom stereocenters. The fraction of sp³-hybridized carbons (Fsp3) is 0.818. The zero-order valence-electron chi connectivity index (χ0n) is 12.0. The highest BCUT2D eigenvalue weighted by atomic mass is 31.2. The van der Waals surface area contributed by atoms with Crippen LogP contribution in [0.15, 0.2) is 11.8 Å². The highest BCUT2D eigenvalue weighted by molar-refractivity contribution is 7.47. The van der Waals surface area contributed by atoms with Gasteiger partial charge in [-0.2, -0.15) is 22.0 Å². The zero-order chi connectivity index (χ0) is 15.9. The molecular weight excluding hydrogens is 302 g/mol. The molecule has 0 atom stereocenters. The van der Waals surface area contributed by atoms with Crippen molar-refractivity contribution in [3.05, 3.63) is 11.8 Å². The minimum absolute atomic E-state index is 0.414. The standard InChI is InChI=1S/C11H20F5N2OP/c1-5-17(6-2)20(18(7-3)8-4)19-9(10(12)13)11(14,15)16/h5-8H2,1-4H3. The van der Waals surface area contributed by atoms with Gasteiger partial charge in [-0.1, -0.05) is 27.7 Å². The van der Waals surface area contributed by atoms with Crippen LogP contribution in [0.5, 0.6) is 0 Å². The molecule has 0 aliphatic carbocycles. The Kier molecular flexibility index (Phi) is 8.54. The predicted octanol–water partition coefficient (Wildman–Crippen LogP) is 4.58. The summed E-state index contributed by atoms with van der Waals surface area (Å²) in [5, 5.41) is 0. The van der Waals surface area contributed by atoms with Crippen molar-refractivity contribution in [2.75, 3.05) is 26.2 Å². The fourth-order valence-corrected chi connectivity index (χ4v) is 3.39. The molecule has 3 nitrogen and oxygen atoms in total. The molecule has 0 rings (SSSR count). The number of rotatable bonds is 8. The summed E-state index contributed by atoms with van der Waals surface area (Å²) in [7, 11) is -1.92. The molecule has 0 aliphatic heterocycles. The zero-order valence-corrected chi connectivity index (χ0v) is 12.9. The number of halogens is 5. The summed E-state index contributed by atoms with van der Waals surface area (Å²) in [5.41, 5.74) is 0.